The lowest BCUT2D eigenvalue weighted by Crippen LogP contribution is -1.88. The van der Waals surface area contributed by atoms with Crippen LogP contribution in [0.5, 0.6) is 0 Å². The highest BCUT2D eigenvalue weighted by atomic mass is 16.1. The minimum Gasteiger partial charge on any atom is -0.268 e. The van der Waals surface area contributed by atoms with Crippen molar-refractivity contribution in [1.29, 1.82) is 0 Å². The first-order valence-electron chi connectivity index (χ1n) is 2.70. The highest BCUT2D eigenvalue weighted by molar-refractivity contribution is 5.85. The number of rotatable bonds is 2. The molecule has 0 aromatic heterocycles. The molecule has 0 bridgehead atoms. The Morgan fingerprint density at radius 3 is 2.33 bits per heavy atom. The predicted molar refractivity (Wildman–Crippen MR) is 36.7 cm³/mol. The summed E-state index contributed by atoms with van der Waals surface area (Å²) in [6, 6.07) is 0. The molecule has 2 heteroatoms. The van der Waals surface area contributed by atoms with Crippen molar-refractivity contribution in [3.8, 4) is 0 Å². The lowest BCUT2D eigenvalue weighted by atomic mass is 10.3. The van der Waals surface area contributed by atoms with Crippen molar-refractivity contribution in [2.24, 2.45) is 0 Å². The number of nitrogens with one attached hydrogen (secondary N) is 1. The van der Waals surface area contributed by atoms with Crippen LogP contribution in [0.2, 0.25) is 0 Å². The molecule has 0 aromatic carbocycles. The quantitative estimate of drug-likeness (QED) is 0.404. The molecule has 0 atom stereocenters. The maximum atomic E-state index is 9.98. The molecular formula is C7H10NO. The summed E-state index contributed by atoms with van der Waals surface area (Å²) in [5, 5.41) is 0. The highest BCUT2D eigenvalue weighted by Gasteiger charge is 1.79. The van der Waals surface area contributed by atoms with Crippen molar-refractivity contribution in [3.63, 3.8) is 0 Å². The molecule has 0 aliphatic carbocycles. The van der Waals surface area contributed by atoms with Gasteiger partial charge in [-0.2, -0.15) is 0 Å². The fourth-order valence-electron chi connectivity index (χ4n) is 0.328. The van der Waals surface area contributed by atoms with Gasteiger partial charge in [-0.05, 0) is 13.8 Å². The maximum Gasteiger partial charge on any atom is 0.262 e. The van der Waals surface area contributed by atoms with Crippen molar-refractivity contribution in [1.82, 2.24) is 5.73 Å². The van der Waals surface area contributed by atoms with E-state index in [0.717, 1.165) is 5.57 Å². The van der Waals surface area contributed by atoms with Crippen molar-refractivity contribution in [2.45, 2.75) is 13.8 Å². The van der Waals surface area contributed by atoms with E-state index in [1.807, 2.05) is 13.8 Å². The monoisotopic (exact) mass is 124 g/mol. The number of carbonyl (C=O) groups is 1. The highest BCUT2D eigenvalue weighted by Crippen LogP contribution is 1.87. The number of hydrogen-bond donors (Lipinski definition) is 0. The van der Waals surface area contributed by atoms with Gasteiger partial charge in [-0.25, -0.2) is 0 Å². The standard InChI is InChI=1S/C7H10NO/c1-6(2)4-3-5-7(8)9/h3-5,8H,1-2H3. The Hall–Kier alpha value is -1.05. The van der Waals surface area contributed by atoms with E-state index in [9.17, 15) is 4.79 Å². The van der Waals surface area contributed by atoms with Crippen LogP contribution in [0.25, 0.3) is 0 Å². The minimum absolute atomic E-state index is 0.660. The third-order valence-corrected chi connectivity index (χ3v) is 0.677. The number of allylic oxidation sites excluding steroid dienone is 3. The van der Waals surface area contributed by atoms with Crippen LogP contribution in [-0.4, -0.2) is 5.91 Å². The average Bonchev–Trinajstić information content (AvgIpc) is 1.63. The Morgan fingerprint density at radius 1 is 1.44 bits per heavy atom. The van der Waals surface area contributed by atoms with E-state index in [2.05, 4.69) is 0 Å². The maximum absolute atomic E-state index is 9.98. The summed E-state index contributed by atoms with van der Waals surface area (Å²) in [6.07, 6.45) is 4.57. The second-order valence-corrected chi connectivity index (χ2v) is 1.97. The van der Waals surface area contributed by atoms with Gasteiger partial charge in [0.25, 0.3) is 5.91 Å². The molecule has 0 unspecified atom stereocenters. The summed E-state index contributed by atoms with van der Waals surface area (Å²) in [4.78, 5) is 9.98. The molecule has 9 heavy (non-hydrogen) atoms. The Balaban J connectivity index is 3.74. The van der Waals surface area contributed by atoms with Gasteiger partial charge in [-0.15, -0.1) is 0 Å². The first-order valence-corrected chi connectivity index (χ1v) is 2.70. The normalized spacial score (nSPS) is 9.56. The molecule has 0 aliphatic heterocycles. The molecule has 0 aliphatic rings. The van der Waals surface area contributed by atoms with Gasteiger partial charge in [0, 0.05) is 6.08 Å². The Kier molecular flexibility index (Phi) is 3.44. The summed E-state index contributed by atoms with van der Waals surface area (Å²) in [6.45, 7) is 3.86. The zero-order valence-corrected chi connectivity index (χ0v) is 5.64. The van der Waals surface area contributed by atoms with E-state index in [1.54, 1.807) is 12.2 Å². The van der Waals surface area contributed by atoms with Crippen molar-refractivity contribution in [3.05, 3.63) is 23.8 Å². The second kappa shape index (κ2) is 3.89. The average molecular weight is 124 g/mol. The first-order chi connectivity index (χ1) is 4.13. The fraction of sp³-hybridized carbons (Fsp3) is 0.286. The summed E-state index contributed by atoms with van der Waals surface area (Å²) in [5.74, 6) is -0.660. The van der Waals surface area contributed by atoms with Crippen LogP contribution < -0.4 is 5.73 Å². The van der Waals surface area contributed by atoms with Crippen molar-refractivity contribution < 1.29 is 4.79 Å². The van der Waals surface area contributed by atoms with Crippen molar-refractivity contribution in [2.75, 3.05) is 0 Å². The molecule has 0 rings (SSSR count). The van der Waals surface area contributed by atoms with Crippen LogP contribution in [0.4, 0.5) is 0 Å². The molecule has 0 spiro atoms. The van der Waals surface area contributed by atoms with Crippen molar-refractivity contribution >= 4 is 5.91 Å². The third-order valence-electron chi connectivity index (χ3n) is 0.677. The zero-order chi connectivity index (χ0) is 7.28. The topological polar surface area (TPSA) is 40.9 Å². The van der Waals surface area contributed by atoms with E-state index in [1.165, 1.54) is 6.08 Å². The van der Waals surface area contributed by atoms with Gasteiger partial charge in [-0.3, -0.25) is 10.5 Å². The van der Waals surface area contributed by atoms with E-state index in [0.29, 0.717) is 0 Å². The van der Waals surface area contributed by atoms with Crippen LogP contribution in [0.3, 0.4) is 0 Å². The van der Waals surface area contributed by atoms with Gasteiger partial charge in [0.05, 0.1) is 0 Å². The van der Waals surface area contributed by atoms with Gasteiger partial charge in [0.1, 0.15) is 0 Å². The van der Waals surface area contributed by atoms with Gasteiger partial charge < -0.3 is 0 Å². The summed E-state index contributed by atoms with van der Waals surface area (Å²) < 4.78 is 0. The molecule has 2 nitrogen and oxygen atoms in total. The van der Waals surface area contributed by atoms with Gasteiger partial charge in [0.2, 0.25) is 0 Å². The number of hydrogen-bond acceptors (Lipinski definition) is 1. The van der Waals surface area contributed by atoms with Gasteiger partial charge >= 0.3 is 0 Å². The molecule has 1 N–H and O–H groups in total. The van der Waals surface area contributed by atoms with Crippen LogP contribution in [-0.2, 0) is 4.79 Å². The molecule has 0 heterocycles. The van der Waals surface area contributed by atoms with E-state index in [-0.39, 0.29) is 0 Å². The van der Waals surface area contributed by atoms with Crippen LogP contribution in [0, 0.1) is 0 Å². The number of carbonyl (C=O) groups excluding carboxylic acids is 1. The summed E-state index contributed by atoms with van der Waals surface area (Å²) in [5.41, 5.74) is 7.59. The Labute approximate surface area is 55.1 Å². The Bertz CT molecular complexity index is 152. The number of amides is 1. The largest absolute Gasteiger partial charge is 0.268 e. The first kappa shape index (κ1) is 7.95. The summed E-state index contributed by atoms with van der Waals surface area (Å²) in [7, 11) is 0. The molecule has 0 fully saturated rings. The van der Waals surface area contributed by atoms with E-state index in [4.69, 9.17) is 5.73 Å². The molecule has 0 saturated heterocycles. The smallest absolute Gasteiger partial charge is 0.262 e. The molecule has 49 valence electrons. The minimum atomic E-state index is -0.660. The predicted octanol–water partition coefficient (Wildman–Crippen LogP) is 1.32. The summed E-state index contributed by atoms with van der Waals surface area (Å²) >= 11 is 0. The SMILES string of the molecule is CC(C)=CC=CC([NH])=O. The molecule has 0 aromatic rings. The molecule has 0 saturated carbocycles. The molecule has 1 radical (unpaired) electrons. The van der Waals surface area contributed by atoms with Crippen LogP contribution in [0.1, 0.15) is 13.8 Å². The Morgan fingerprint density at radius 2 is 2.00 bits per heavy atom. The van der Waals surface area contributed by atoms with E-state index >= 15 is 0 Å². The van der Waals surface area contributed by atoms with Gasteiger partial charge in [-0.1, -0.05) is 17.7 Å². The zero-order valence-electron chi connectivity index (χ0n) is 5.64. The second-order valence-electron chi connectivity index (χ2n) is 1.97. The fourth-order valence-corrected chi connectivity index (χ4v) is 0.328. The molecular weight excluding hydrogens is 114 g/mol. The van der Waals surface area contributed by atoms with Crippen LogP contribution >= 0.6 is 0 Å². The molecule has 1 amide bonds. The lowest BCUT2D eigenvalue weighted by molar-refractivity contribution is -0.114. The third kappa shape index (κ3) is 6.95. The van der Waals surface area contributed by atoms with Gasteiger partial charge in [0.15, 0.2) is 0 Å². The van der Waals surface area contributed by atoms with E-state index < -0.39 is 5.91 Å². The van der Waals surface area contributed by atoms with Crippen LogP contribution in [0.15, 0.2) is 23.8 Å². The lowest BCUT2D eigenvalue weighted by Gasteiger charge is -1.79.